The first-order valence-corrected chi connectivity index (χ1v) is 6.99. The van der Waals surface area contributed by atoms with E-state index in [0.29, 0.717) is 5.92 Å². The summed E-state index contributed by atoms with van der Waals surface area (Å²) in [6, 6.07) is 6.93. The van der Waals surface area contributed by atoms with E-state index in [4.69, 9.17) is 11.6 Å². The van der Waals surface area contributed by atoms with Crippen LogP contribution in [0.5, 0.6) is 0 Å². The maximum absolute atomic E-state index is 6.20. The third kappa shape index (κ3) is 3.76. The van der Waals surface area contributed by atoms with Crippen molar-refractivity contribution in [2.24, 2.45) is 5.92 Å². The molecular weight excluding hydrogens is 286 g/mol. The average molecular weight is 303 g/mol. The van der Waals surface area contributed by atoms with E-state index in [9.17, 15) is 0 Å². The summed E-state index contributed by atoms with van der Waals surface area (Å²) in [5.74, 6) is 0.638. The summed E-state index contributed by atoms with van der Waals surface area (Å²) in [5, 5.41) is 4.42. The molecule has 1 aliphatic carbocycles. The van der Waals surface area contributed by atoms with Gasteiger partial charge >= 0.3 is 0 Å². The summed E-state index contributed by atoms with van der Waals surface area (Å²) in [6.07, 6.45) is 3.75. The lowest BCUT2D eigenvalue weighted by molar-refractivity contribution is 0.509. The van der Waals surface area contributed by atoms with Gasteiger partial charge in [-0.05, 0) is 49.4 Å². The minimum Gasteiger partial charge on any atom is -0.314 e. The van der Waals surface area contributed by atoms with Crippen molar-refractivity contribution in [1.29, 1.82) is 0 Å². The molecule has 1 aromatic carbocycles. The molecule has 2 rings (SSSR count). The number of hydrogen-bond acceptors (Lipinski definition) is 1. The SMILES string of the molecule is CC(CNC1CC1)Cc1ccc(Br)cc1Cl. The van der Waals surface area contributed by atoms with Gasteiger partial charge in [-0.15, -0.1) is 0 Å². The van der Waals surface area contributed by atoms with Crippen molar-refractivity contribution < 1.29 is 0 Å². The fourth-order valence-electron chi connectivity index (χ4n) is 1.79. The van der Waals surface area contributed by atoms with Crippen LogP contribution >= 0.6 is 27.5 Å². The Bertz CT molecular complexity index is 363. The van der Waals surface area contributed by atoms with Crippen LogP contribution in [0.2, 0.25) is 5.02 Å². The molecule has 0 aromatic heterocycles. The van der Waals surface area contributed by atoms with Crippen LogP contribution in [0.25, 0.3) is 0 Å². The Labute approximate surface area is 111 Å². The third-order valence-corrected chi connectivity index (χ3v) is 3.76. The van der Waals surface area contributed by atoms with Crippen molar-refractivity contribution in [3.8, 4) is 0 Å². The lowest BCUT2D eigenvalue weighted by atomic mass is 10.0. The summed E-state index contributed by atoms with van der Waals surface area (Å²) < 4.78 is 1.05. The minimum atomic E-state index is 0.638. The fourth-order valence-corrected chi connectivity index (χ4v) is 2.54. The Morgan fingerprint density at radius 2 is 2.25 bits per heavy atom. The maximum Gasteiger partial charge on any atom is 0.0449 e. The molecule has 88 valence electrons. The van der Waals surface area contributed by atoms with Crippen LogP contribution in [0.1, 0.15) is 25.3 Å². The van der Waals surface area contributed by atoms with Gasteiger partial charge in [0.05, 0.1) is 0 Å². The second kappa shape index (κ2) is 5.52. The number of halogens is 2. The highest BCUT2D eigenvalue weighted by molar-refractivity contribution is 9.10. The molecule has 0 spiro atoms. The van der Waals surface area contributed by atoms with Crippen molar-refractivity contribution in [3.63, 3.8) is 0 Å². The van der Waals surface area contributed by atoms with Gasteiger partial charge in [-0.2, -0.15) is 0 Å². The van der Waals surface area contributed by atoms with Crippen LogP contribution in [0, 0.1) is 5.92 Å². The predicted octanol–water partition coefficient (Wildman–Crippen LogP) is 4.03. The molecule has 1 fully saturated rings. The molecule has 1 N–H and O–H groups in total. The van der Waals surface area contributed by atoms with Gasteiger partial charge in [-0.1, -0.05) is 40.5 Å². The summed E-state index contributed by atoms with van der Waals surface area (Å²) in [7, 11) is 0. The van der Waals surface area contributed by atoms with Crippen LogP contribution < -0.4 is 5.32 Å². The summed E-state index contributed by atoms with van der Waals surface area (Å²) in [4.78, 5) is 0. The quantitative estimate of drug-likeness (QED) is 0.866. The average Bonchev–Trinajstić information content (AvgIpc) is 3.03. The van der Waals surface area contributed by atoms with Crippen molar-refractivity contribution in [1.82, 2.24) is 5.32 Å². The summed E-state index contributed by atoms with van der Waals surface area (Å²) in [5.41, 5.74) is 1.25. The van der Waals surface area contributed by atoms with Crippen molar-refractivity contribution >= 4 is 27.5 Å². The van der Waals surface area contributed by atoms with E-state index in [1.165, 1.54) is 18.4 Å². The molecule has 3 heteroatoms. The van der Waals surface area contributed by atoms with Crippen molar-refractivity contribution in [3.05, 3.63) is 33.3 Å². The first-order chi connectivity index (χ1) is 7.65. The Hall–Kier alpha value is -0.0500. The first-order valence-electron chi connectivity index (χ1n) is 5.82. The molecule has 1 aliphatic rings. The zero-order valence-corrected chi connectivity index (χ0v) is 11.8. The van der Waals surface area contributed by atoms with Crippen molar-refractivity contribution in [2.75, 3.05) is 6.54 Å². The van der Waals surface area contributed by atoms with Gasteiger partial charge in [-0.3, -0.25) is 0 Å². The highest BCUT2D eigenvalue weighted by Gasteiger charge is 2.20. The largest absolute Gasteiger partial charge is 0.314 e. The molecule has 16 heavy (non-hydrogen) atoms. The normalized spacial score (nSPS) is 17.4. The zero-order valence-electron chi connectivity index (χ0n) is 9.47. The van der Waals surface area contributed by atoms with Gasteiger partial charge in [-0.25, -0.2) is 0 Å². The Kier molecular flexibility index (Phi) is 4.28. The van der Waals surface area contributed by atoms with Gasteiger partial charge in [0, 0.05) is 15.5 Å². The second-order valence-electron chi connectivity index (χ2n) is 4.73. The van der Waals surface area contributed by atoms with E-state index in [1.807, 2.05) is 6.07 Å². The molecule has 1 saturated carbocycles. The van der Waals surface area contributed by atoms with Crippen molar-refractivity contribution in [2.45, 2.75) is 32.2 Å². The topological polar surface area (TPSA) is 12.0 Å². The van der Waals surface area contributed by atoms with E-state index in [0.717, 1.165) is 28.5 Å². The lowest BCUT2D eigenvalue weighted by Crippen LogP contribution is -2.24. The predicted molar refractivity (Wildman–Crippen MR) is 73.0 cm³/mol. The molecular formula is C13H17BrClN. The molecule has 1 atom stereocenters. The number of hydrogen-bond donors (Lipinski definition) is 1. The Morgan fingerprint density at radius 1 is 1.50 bits per heavy atom. The maximum atomic E-state index is 6.20. The van der Waals surface area contributed by atoms with Crippen LogP contribution in [0.15, 0.2) is 22.7 Å². The Morgan fingerprint density at radius 3 is 2.88 bits per heavy atom. The van der Waals surface area contributed by atoms with E-state index in [1.54, 1.807) is 0 Å². The fraction of sp³-hybridized carbons (Fsp3) is 0.538. The van der Waals surface area contributed by atoms with Crippen LogP contribution in [-0.2, 0) is 6.42 Å². The van der Waals surface area contributed by atoms with Crippen LogP contribution in [0.3, 0.4) is 0 Å². The van der Waals surface area contributed by atoms with Gasteiger partial charge in [0.2, 0.25) is 0 Å². The lowest BCUT2D eigenvalue weighted by Gasteiger charge is -2.13. The molecule has 1 aromatic rings. The smallest absolute Gasteiger partial charge is 0.0449 e. The van der Waals surface area contributed by atoms with E-state index in [2.05, 4.69) is 40.3 Å². The number of rotatable bonds is 5. The van der Waals surface area contributed by atoms with Gasteiger partial charge in [0.15, 0.2) is 0 Å². The van der Waals surface area contributed by atoms with Gasteiger partial charge in [0.25, 0.3) is 0 Å². The summed E-state index contributed by atoms with van der Waals surface area (Å²) in [6.45, 7) is 3.37. The third-order valence-electron chi connectivity index (χ3n) is 2.92. The second-order valence-corrected chi connectivity index (χ2v) is 6.05. The molecule has 1 nitrogen and oxygen atoms in total. The molecule has 0 saturated heterocycles. The Balaban J connectivity index is 1.86. The van der Waals surface area contributed by atoms with E-state index < -0.39 is 0 Å². The number of benzene rings is 1. The first kappa shape index (κ1) is 12.4. The minimum absolute atomic E-state index is 0.638. The molecule has 0 aliphatic heterocycles. The van der Waals surface area contributed by atoms with Gasteiger partial charge < -0.3 is 5.32 Å². The molecule has 1 unspecified atom stereocenters. The number of nitrogens with one attached hydrogen (secondary N) is 1. The highest BCUT2D eigenvalue weighted by atomic mass is 79.9. The molecule has 0 amide bonds. The van der Waals surface area contributed by atoms with E-state index in [-0.39, 0.29) is 0 Å². The molecule has 0 radical (unpaired) electrons. The highest BCUT2D eigenvalue weighted by Crippen LogP contribution is 2.24. The molecule has 0 heterocycles. The van der Waals surface area contributed by atoms with Crippen LogP contribution in [0.4, 0.5) is 0 Å². The summed E-state index contributed by atoms with van der Waals surface area (Å²) >= 11 is 9.62. The van der Waals surface area contributed by atoms with E-state index >= 15 is 0 Å². The molecule has 0 bridgehead atoms. The standard InChI is InChI=1S/C13H17BrClN/c1-9(8-16-12-4-5-12)6-10-2-3-11(14)7-13(10)15/h2-3,7,9,12,16H,4-6,8H2,1H3. The van der Waals surface area contributed by atoms with Gasteiger partial charge in [0.1, 0.15) is 0 Å². The van der Waals surface area contributed by atoms with Crippen LogP contribution in [-0.4, -0.2) is 12.6 Å². The monoisotopic (exact) mass is 301 g/mol. The zero-order chi connectivity index (χ0) is 11.5.